The normalized spacial score (nSPS) is 12.2. The van der Waals surface area contributed by atoms with E-state index in [0.717, 1.165) is 5.69 Å². The SMILES string of the molecule is Cc1ccc(N(C)CCC(O)c2ccccc2F)cc1. The van der Waals surface area contributed by atoms with Crippen molar-refractivity contribution < 1.29 is 9.50 Å². The molecule has 0 radical (unpaired) electrons. The molecule has 2 nitrogen and oxygen atoms in total. The summed E-state index contributed by atoms with van der Waals surface area (Å²) in [5.74, 6) is -0.349. The van der Waals surface area contributed by atoms with Crippen molar-refractivity contribution in [1.82, 2.24) is 0 Å². The maximum atomic E-state index is 13.6. The largest absolute Gasteiger partial charge is 0.388 e. The van der Waals surface area contributed by atoms with Gasteiger partial charge in [0.2, 0.25) is 0 Å². The second kappa shape index (κ2) is 6.53. The van der Waals surface area contributed by atoms with Crippen LogP contribution in [0.25, 0.3) is 0 Å². The monoisotopic (exact) mass is 273 g/mol. The Balaban J connectivity index is 1.95. The number of halogens is 1. The van der Waals surface area contributed by atoms with Gasteiger partial charge in [0.25, 0.3) is 0 Å². The molecular formula is C17H20FNO. The maximum absolute atomic E-state index is 13.6. The van der Waals surface area contributed by atoms with Crippen molar-refractivity contribution in [1.29, 1.82) is 0 Å². The molecule has 1 N–H and O–H groups in total. The summed E-state index contributed by atoms with van der Waals surface area (Å²) in [5, 5.41) is 10.1. The number of hydrogen-bond donors (Lipinski definition) is 1. The summed E-state index contributed by atoms with van der Waals surface area (Å²) in [6, 6.07) is 14.6. The fourth-order valence-corrected chi connectivity index (χ4v) is 2.15. The molecule has 0 heterocycles. The van der Waals surface area contributed by atoms with Gasteiger partial charge in [-0.3, -0.25) is 0 Å². The Morgan fingerprint density at radius 2 is 1.75 bits per heavy atom. The lowest BCUT2D eigenvalue weighted by Gasteiger charge is -2.21. The molecule has 3 heteroatoms. The Hall–Kier alpha value is -1.87. The van der Waals surface area contributed by atoms with E-state index >= 15 is 0 Å². The number of rotatable bonds is 5. The zero-order chi connectivity index (χ0) is 14.5. The van der Waals surface area contributed by atoms with Gasteiger partial charge in [0.05, 0.1) is 6.10 Å². The predicted molar refractivity (Wildman–Crippen MR) is 80.4 cm³/mol. The number of aryl methyl sites for hydroxylation is 1. The minimum atomic E-state index is -0.774. The highest BCUT2D eigenvalue weighted by Crippen LogP contribution is 2.21. The molecule has 0 saturated carbocycles. The van der Waals surface area contributed by atoms with Crippen LogP contribution in [0.15, 0.2) is 48.5 Å². The van der Waals surface area contributed by atoms with Crippen molar-refractivity contribution in [3.05, 3.63) is 65.5 Å². The van der Waals surface area contributed by atoms with E-state index in [4.69, 9.17) is 0 Å². The maximum Gasteiger partial charge on any atom is 0.128 e. The number of aliphatic hydroxyl groups is 1. The molecule has 0 aliphatic carbocycles. The third-order valence-corrected chi connectivity index (χ3v) is 3.48. The van der Waals surface area contributed by atoms with Crippen LogP contribution in [0.2, 0.25) is 0 Å². The average molecular weight is 273 g/mol. The van der Waals surface area contributed by atoms with E-state index in [1.165, 1.54) is 11.6 Å². The minimum Gasteiger partial charge on any atom is -0.388 e. The molecule has 0 bridgehead atoms. The number of anilines is 1. The van der Waals surface area contributed by atoms with Gasteiger partial charge in [0.15, 0.2) is 0 Å². The van der Waals surface area contributed by atoms with Crippen LogP contribution in [0.3, 0.4) is 0 Å². The van der Waals surface area contributed by atoms with Crippen LogP contribution in [0.5, 0.6) is 0 Å². The average Bonchev–Trinajstić information content (AvgIpc) is 2.45. The van der Waals surface area contributed by atoms with Crippen LogP contribution in [0.1, 0.15) is 23.7 Å². The van der Waals surface area contributed by atoms with Crippen LogP contribution in [0, 0.1) is 12.7 Å². The zero-order valence-corrected chi connectivity index (χ0v) is 11.9. The van der Waals surface area contributed by atoms with Crippen molar-refractivity contribution in [3.63, 3.8) is 0 Å². The highest BCUT2D eigenvalue weighted by atomic mass is 19.1. The van der Waals surface area contributed by atoms with Gasteiger partial charge in [-0.1, -0.05) is 35.9 Å². The standard InChI is InChI=1S/C17H20FNO/c1-13-7-9-14(10-8-13)19(2)12-11-17(20)15-5-3-4-6-16(15)18/h3-10,17,20H,11-12H2,1-2H3. The lowest BCUT2D eigenvalue weighted by molar-refractivity contribution is 0.165. The van der Waals surface area contributed by atoms with E-state index in [9.17, 15) is 9.50 Å². The molecule has 0 aliphatic rings. The van der Waals surface area contributed by atoms with Crippen LogP contribution < -0.4 is 4.90 Å². The van der Waals surface area contributed by atoms with Crippen molar-refractivity contribution in [3.8, 4) is 0 Å². The number of aliphatic hydroxyl groups excluding tert-OH is 1. The second-order valence-corrected chi connectivity index (χ2v) is 5.08. The molecule has 0 aliphatic heterocycles. The number of nitrogens with zero attached hydrogens (tertiary/aromatic N) is 1. The highest BCUT2D eigenvalue weighted by molar-refractivity contribution is 5.46. The van der Waals surface area contributed by atoms with Crippen LogP contribution >= 0.6 is 0 Å². The molecule has 2 rings (SSSR count). The van der Waals surface area contributed by atoms with E-state index < -0.39 is 6.10 Å². The van der Waals surface area contributed by atoms with E-state index in [2.05, 4.69) is 17.0 Å². The molecule has 0 amide bonds. The lowest BCUT2D eigenvalue weighted by atomic mass is 10.1. The molecule has 20 heavy (non-hydrogen) atoms. The summed E-state index contributed by atoms with van der Waals surface area (Å²) < 4.78 is 13.6. The van der Waals surface area contributed by atoms with Crippen molar-refractivity contribution in [2.75, 3.05) is 18.5 Å². The van der Waals surface area contributed by atoms with Gasteiger partial charge in [-0.25, -0.2) is 4.39 Å². The first kappa shape index (κ1) is 14.5. The summed E-state index contributed by atoms with van der Waals surface area (Å²) in [7, 11) is 1.97. The fraction of sp³-hybridized carbons (Fsp3) is 0.294. The van der Waals surface area contributed by atoms with Gasteiger partial charge in [-0.15, -0.1) is 0 Å². The number of hydrogen-bond acceptors (Lipinski definition) is 2. The van der Waals surface area contributed by atoms with E-state index in [1.807, 2.05) is 26.1 Å². The molecule has 106 valence electrons. The van der Waals surface area contributed by atoms with Crippen LogP contribution in [-0.4, -0.2) is 18.7 Å². The van der Waals surface area contributed by atoms with Gasteiger partial charge in [-0.2, -0.15) is 0 Å². The summed E-state index contributed by atoms with van der Waals surface area (Å²) in [4.78, 5) is 2.06. The van der Waals surface area contributed by atoms with Crippen molar-refractivity contribution in [2.45, 2.75) is 19.4 Å². The summed E-state index contributed by atoms with van der Waals surface area (Å²) in [6.45, 7) is 2.71. The molecule has 2 aromatic carbocycles. The first-order valence-corrected chi connectivity index (χ1v) is 6.78. The second-order valence-electron chi connectivity index (χ2n) is 5.08. The first-order valence-electron chi connectivity index (χ1n) is 6.78. The molecule has 0 fully saturated rings. The van der Waals surface area contributed by atoms with Crippen LogP contribution in [0.4, 0.5) is 10.1 Å². The Kier molecular flexibility index (Phi) is 4.74. The van der Waals surface area contributed by atoms with Gasteiger partial charge in [0.1, 0.15) is 5.82 Å². The molecule has 0 spiro atoms. The summed E-state index contributed by atoms with van der Waals surface area (Å²) in [6.07, 6.45) is -0.283. The molecule has 0 aromatic heterocycles. The Morgan fingerprint density at radius 3 is 2.40 bits per heavy atom. The summed E-state index contributed by atoms with van der Waals surface area (Å²) >= 11 is 0. The predicted octanol–water partition coefficient (Wildman–Crippen LogP) is 3.69. The third kappa shape index (κ3) is 3.58. The topological polar surface area (TPSA) is 23.5 Å². The highest BCUT2D eigenvalue weighted by Gasteiger charge is 2.13. The minimum absolute atomic E-state index is 0.349. The smallest absolute Gasteiger partial charge is 0.128 e. The zero-order valence-electron chi connectivity index (χ0n) is 11.9. The quantitative estimate of drug-likeness (QED) is 0.898. The lowest BCUT2D eigenvalue weighted by Crippen LogP contribution is -2.20. The van der Waals surface area contributed by atoms with Gasteiger partial charge in [0, 0.05) is 24.8 Å². The molecule has 1 atom stereocenters. The Labute approximate surface area is 119 Å². The Bertz CT molecular complexity index is 553. The van der Waals surface area contributed by atoms with Gasteiger partial charge in [-0.05, 0) is 31.5 Å². The third-order valence-electron chi connectivity index (χ3n) is 3.48. The van der Waals surface area contributed by atoms with Gasteiger partial charge >= 0.3 is 0 Å². The van der Waals surface area contributed by atoms with Crippen LogP contribution in [-0.2, 0) is 0 Å². The van der Waals surface area contributed by atoms with Gasteiger partial charge < -0.3 is 10.0 Å². The molecule has 2 aromatic rings. The summed E-state index contributed by atoms with van der Waals surface area (Å²) in [5.41, 5.74) is 2.68. The van der Waals surface area contributed by atoms with E-state index in [0.29, 0.717) is 18.5 Å². The molecule has 0 saturated heterocycles. The Morgan fingerprint density at radius 1 is 1.10 bits per heavy atom. The molecular weight excluding hydrogens is 253 g/mol. The van der Waals surface area contributed by atoms with Crippen molar-refractivity contribution in [2.24, 2.45) is 0 Å². The fourth-order valence-electron chi connectivity index (χ4n) is 2.15. The van der Waals surface area contributed by atoms with E-state index in [1.54, 1.807) is 18.2 Å². The van der Waals surface area contributed by atoms with Crippen molar-refractivity contribution >= 4 is 5.69 Å². The number of benzene rings is 2. The molecule has 1 unspecified atom stereocenters. The van der Waals surface area contributed by atoms with E-state index in [-0.39, 0.29) is 5.82 Å². The first-order chi connectivity index (χ1) is 9.58.